The summed E-state index contributed by atoms with van der Waals surface area (Å²) in [7, 11) is -0.845. The van der Waals surface area contributed by atoms with Gasteiger partial charge in [-0.05, 0) is 78.7 Å². The van der Waals surface area contributed by atoms with Gasteiger partial charge in [-0.25, -0.2) is 9.59 Å². The number of nitrogens with one attached hydrogen (secondary N) is 4. The van der Waals surface area contributed by atoms with E-state index in [1.165, 1.54) is 4.57 Å². The Kier molecular flexibility index (Phi) is 16.9. The van der Waals surface area contributed by atoms with E-state index in [0.717, 1.165) is 73.1 Å². The first-order valence-electron chi connectivity index (χ1n) is 23.9. The molecular formula is C51H70N6O8SSi. The molecule has 0 unspecified atom stereocenters. The number of rotatable bonds is 23. The first kappa shape index (κ1) is 50.2. The number of carbonyl (C=O) groups is 2. The molecule has 3 saturated heterocycles. The maximum atomic E-state index is 13.7. The number of aliphatic hydroxyl groups excluding tert-OH is 1. The van der Waals surface area contributed by atoms with E-state index in [-0.39, 0.29) is 35.7 Å². The number of amides is 3. The first-order valence-corrected chi connectivity index (χ1v) is 27.8. The summed E-state index contributed by atoms with van der Waals surface area (Å²) in [5.74, 6) is 2.20. The number of hydrogen-bond acceptors (Lipinski definition) is 11. The molecule has 0 aliphatic carbocycles. The zero-order valence-electron chi connectivity index (χ0n) is 39.9. The Morgan fingerprint density at radius 1 is 0.881 bits per heavy atom. The third-order valence-electron chi connectivity index (χ3n) is 13.8. The van der Waals surface area contributed by atoms with Gasteiger partial charge < -0.3 is 45.0 Å². The summed E-state index contributed by atoms with van der Waals surface area (Å²) in [6.45, 7) is 12.0. The summed E-state index contributed by atoms with van der Waals surface area (Å²) >= 11 is 1.90. The number of anilines is 1. The summed E-state index contributed by atoms with van der Waals surface area (Å²) in [4.78, 5) is 42.1. The second kappa shape index (κ2) is 22.6. The van der Waals surface area contributed by atoms with E-state index in [1.807, 2.05) is 96.7 Å². The van der Waals surface area contributed by atoms with Crippen molar-refractivity contribution in [2.45, 2.75) is 138 Å². The molecule has 362 valence electrons. The molecule has 0 bridgehead atoms. The summed E-state index contributed by atoms with van der Waals surface area (Å²) in [6, 6.07) is 30.0. The molecule has 5 N–H and O–H groups in total. The number of aromatic nitrogens is 2. The van der Waals surface area contributed by atoms with Crippen LogP contribution in [0.1, 0.15) is 95.1 Å². The van der Waals surface area contributed by atoms with Crippen LogP contribution in [0.25, 0.3) is 0 Å². The van der Waals surface area contributed by atoms with Crippen molar-refractivity contribution in [3.63, 3.8) is 0 Å². The summed E-state index contributed by atoms with van der Waals surface area (Å²) in [6.07, 6.45) is 4.83. The Hall–Kier alpha value is -4.71. The van der Waals surface area contributed by atoms with Gasteiger partial charge in [0.2, 0.25) is 5.91 Å². The van der Waals surface area contributed by atoms with Crippen molar-refractivity contribution >= 4 is 37.8 Å². The quantitative estimate of drug-likeness (QED) is 0.0213. The van der Waals surface area contributed by atoms with Gasteiger partial charge in [-0.3, -0.25) is 9.36 Å². The highest BCUT2D eigenvalue weighted by atomic mass is 32.2. The van der Waals surface area contributed by atoms with Crippen molar-refractivity contribution < 1.29 is 33.3 Å². The number of nitrogens with zero attached hydrogens (tertiary/aromatic N) is 2. The number of urea groups is 1. The van der Waals surface area contributed by atoms with E-state index < -0.39 is 44.1 Å². The van der Waals surface area contributed by atoms with Gasteiger partial charge in [0.05, 0.1) is 25.8 Å². The minimum absolute atomic E-state index is 0.0271. The molecule has 67 heavy (non-hydrogen) atoms. The fourth-order valence-corrected chi connectivity index (χ4v) is 11.9. The van der Waals surface area contributed by atoms with Crippen LogP contribution >= 0.6 is 11.8 Å². The maximum Gasteiger partial charge on any atom is 0.351 e. The van der Waals surface area contributed by atoms with Crippen LogP contribution in [0.4, 0.5) is 10.6 Å². The smallest absolute Gasteiger partial charge is 0.351 e. The number of ether oxygens (including phenoxy) is 3. The Morgan fingerprint density at radius 3 is 2.18 bits per heavy atom. The lowest BCUT2D eigenvalue weighted by atomic mass is 9.80. The van der Waals surface area contributed by atoms with E-state index in [1.54, 1.807) is 19.4 Å². The zero-order valence-corrected chi connectivity index (χ0v) is 41.7. The molecule has 0 spiro atoms. The van der Waals surface area contributed by atoms with Crippen LogP contribution in [0.2, 0.25) is 18.1 Å². The summed E-state index contributed by atoms with van der Waals surface area (Å²) < 4.78 is 27.7. The highest BCUT2D eigenvalue weighted by Gasteiger charge is 2.52. The Balaban J connectivity index is 0.939. The van der Waals surface area contributed by atoms with Gasteiger partial charge in [0.25, 0.3) is 0 Å². The summed E-state index contributed by atoms with van der Waals surface area (Å²) in [5.41, 5.74) is 1.06. The van der Waals surface area contributed by atoms with Gasteiger partial charge in [0.1, 0.15) is 35.5 Å². The van der Waals surface area contributed by atoms with Crippen molar-refractivity contribution in [3.8, 4) is 5.75 Å². The second-order valence-electron chi connectivity index (χ2n) is 19.4. The number of thioether (sulfide) groups is 1. The number of fused-ring (bicyclic) bond motifs is 1. The van der Waals surface area contributed by atoms with Crippen molar-refractivity contribution in [1.29, 1.82) is 0 Å². The Bertz CT molecular complexity index is 2240. The predicted molar refractivity (Wildman–Crippen MR) is 266 cm³/mol. The first-order chi connectivity index (χ1) is 32.2. The van der Waals surface area contributed by atoms with Crippen LogP contribution < -0.4 is 31.7 Å². The molecule has 0 saturated carbocycles. The average molecular weight is 955 g/mol. The molecule has 4 heterocycles. The molecule has 3 aromatic carbocycles. The maximum absolute atomic E-state index is 13.7. The molecule has 0 radical (unpaired) electrons. The summed E-state index contributed by atoms with van der Waals surface area (Å²) in [5, 5.41) is 24.7. The lowest BCUT2D eigenvalue weighted by Gasteiger charge is -2.41. The van der Waals surface area contributed by atoms with Crippen LogP contribution in [0.5, 0.6) is 5.75 Å². The van der Waals surface area contributed by atoms with Crippen LogP contribution in [0.3, 0.4) is 0 Å². The minimum atomic E-state index is -2.49. The normalized spacial score (nSPS) is 22.8. The van der Waals surface area contributed by atoms with Crippen LogP contribution in [0.15, 0.2) is 102 Å². The fourth-order valence-electron chi connectivity index (χ4n) is 8.99. The molecule has 1 aromatic heterocycles. The van der Waals surface area contributed by atoms with Crippen molar-refractivity contribution in [1.82, 2.24) is 25.5 Å². The SMILES string of the molecule is COc1ccc(C(OC[C@H]2O[C@@H](n3ccc(NCCCCCCNC(=O)CCCC[C@@H]4SC[C@@H]5NC(=O)N[C@@H]54)nc3=O)[C@H](O)[C@@H]2O[Si](C)(C)C(C)(C)C)(c2ccccc2)c2ccccc2)cc1. The molecule has 14 nitrogen and oxygen atoms in total. The Morgan fingerprint density at radius 2 is 1.54 bits per heavy atom. The van der Waals surface area contributed by atoms with Gasteiger partial charge in [-0.15, -0.1) is 0 Å². The lowest BCUT2D eigenvalue weighted by Crippen LogP contribution is -2.50. The van der Waals surface area contributed by atoms with Gasteiger partial charge in [-0.1, -0.05) is 113 Å². The number of aliphatic hydroxyl groups is 1. The van der Waals surface area contributed by atoms with Crippen molar-refractivity contribution in [2.75, 3.05) is 37.9 Å². The molecule has 7 rings (SSSR count). The van der Waals surface area contributed by atoms with E-state index in [9.17, 15) is 19.5 Å². The Labute approximate surface area is 400 Å². The van der Waals surface area contributed by atoms with Crippen molar-refractivity contribution in [2.24, 2.45) is 0 Å². The molecule has 3 fully saturated rings. The number of hydrogen-bond donors (Lipinski definition) is 5. The third kappa shape index (κ3) is 12.1. The largest absolute Gasteiger partial charge is 0.497 e. The van der Waals surface area contributed by atoms with Crippen LogP contribution in [0, 0.1) is 0 Å². The van der Waals surface area contributed by atoms with Gasteiger partial charge >= 0.3 is 11.7 Å². The molecule has 3 aliphatic rings. The topological polar surface area (TPSA) is 174 Å². The van der Waals surface area contributed by atoms with Crippen LogP contribution in [-0.4, -0.2) is 103 Å². The number of carbonyl (C=O) groups excluding carboxylic acids is 2. The van der Waals surface area contributed by atoms with E-state index >= 15 is 0 Å². The molecular weight excluding hydrogens is 885 g/mol. The minimum Gasteiger partial charge on any atom is -0.497 e. The molecule has 4 aromatic rings. The fraction of sp³-hybridized carbons (Fsp3) is 0.529. The lowest BCUT2D eigenvalue weighted by molar-refractivity contribution is -0.121. The standard InChI is InChI=1S/C51H70N6O8SSi/c1-50(2,3)67(5,6)65-46-40(33-63-51(35-19-11-9-12-20-35,36-21-13-10-14-22-36)37-25-27-38(62-4)28-26-37)64-47(45(46)59)57-32-29-42(55-49(57)61)52-30-17-7-8-18-31-53-43(58)24-16-15-23-41-44-39(34-66-41)54-48(60)56-44/h9-14,19-22,25-29,32,39-41,44-47,59H,7-8,15-18,23-24,30-31,33-34H2,1-6H3,(H,53,58)(H,52,55,61)(H2,54,56,60)/t39-,40+,41-,44-,45+,46+,47+/m0/s1. The molecule has 3 amide bonds. The van der Waals surface area contributed by atoms with E-state index in [0.29, 0.717) is 30.6 Å². The monoisotopic (exact) mass is 954 g/mol. The van der Waals surface area contributed by atoms with Gasteiger partial charge in [0.15, 0.2) is 14.5 Å². The van der Waals surface area contributed by atoms with Crippen LogP contribution in [-0.2, 0) is 24.3 Å². The third-order valence-corrected chi connectivity index (χ3v) is 19.8. The predicted octanol–water partition coefficient (Wildman–Crippen LogP) is 7.72. The number of unbranched alkanes of at least 4 members (excludes halogenated alkanes) is 4. The highest BCUT2D eigenvalue weighted by Crippen LogP contribution is 2.45. The van der Waals surface area contributed by atoms with Gasteiger partial charge in [-0.2, -0.15) is 16.7 Å². The molecule has 3 aliphatic heterocycles. The van der Waals surface area contributed by atoms with Crippen molar-refractivity contribution in [3.05, 3.63) is 124 Å². The number of benzene rings is 3. The van der Waals surface area contributed by atoms with E-state index in [2.05, 4.69) is 60.1 Å². The van der Waals surface area contributed by atoms with Gasteiger partial charge in [0, 0.05) is 36.7 Å². The molecule has 7 atom stereocenters. The second-order valence-corrected chi connectivity index (χ2v) is 25.4. The zero-order chi connectivity index (χ0) is 47.6. The highest BCUT2D eigenvalue weighted by molar-refractivity contribution is 8.00. The number of methoxy groups -OCH3 is 1. The average Bonchev–Trinajstić information content (AvgIpc) is 3.98. The molecule has 16 heteroatoms. The van der Waals surface area contributed by atoms with E-state index in [4.69, 9.17) is 18.6 Å².